The summed E-state index contributed by atoms with van der Waals surface area (Å²) in [7, 11) is 0. The Labute approximate surface area is 108 Å². The SMILES string of the molecule is CC(=O)O/N=C/c1cnn(-c2ccc(Cl)cc2)n1. The van der Waals surface area contributed by atoms with Crippen LogP contribution in [0.4, 0.5) is 0 Å². The molecule has 2 aromatic rings. The van der Waals surface area contributed by atoms with E-state index in [1.807, 2.05) is 0 Å². The van der Waals surface area contributed by atoms with Crippen molar-refractivity contribution in [2.45, 2.75) is 6.92 Å². The van der Waals surface area contributed by atoms with Gasteiger partial charge in [-0.1, -0.05) is 16.8 Å². The molecule has 0 unspecified atom stereocenters. The van der Waals surface area contributed by atoms with Crippen LogP contribution in [0.1, 0.15) is 12.6 Å². The summed E-state index contributed by atoms with van der Waals surface area (Å²) < 4.78 is 0. The van der Waals surface area contributed by atoms with E-state index in [-0.39, 0.29) is 0 Å². The molecular formula is C11H9ClN4O2. The molecule has 0 aliphatic rings. The first-order valence-electron chi connectivity index (χ1n) is 5.04. The fraction of sp³-hybridized carbons (Fsp3) is 0.0909. The third-order valence-electron chi connectivity index (χ3n) is 1.93. The molecule has 2 rings (SSSR count). The molecule has 6 nitrogen and oxygen atoms in total. The second-order valence-electron chi connectivity index (χ2n) is 3.35. The second-order valence-corrected chi connectivity index (χ2v) is 3.79. The van der Waals surface area contributed by atoms with Gasteiger partial charge in [-0.25, -0.2) is 4.79 Å². The highest BCUT2D eigenvalue weighted by Gasteiger charge is 2.01. The van der Waals surface area contributed by atoms with Crippen LogP contribution >= 0.6 is 11.6 Å². The van der Waals surface area contributed by atoms with E-state index in [9.17, 15) is 4.79 Å². The number of hydrogen-bond acceptors (Lipinski definition) is 5. The summed E-state index contributed by atoms with van der Waals surface area (Å²) >= 11 is 5.78. The normalized spacial score (nSPS) is 10.8. The molecule has 0 aliphatic heterocycles. The Morgan fingerprint density at radius 1 is 1.44 bits per heavy atom. The third kappa shape index (κ3) is 3.14. The van der Waals surface area contributed by atoms with E-state index in [0.717, 1.165) is 5.69 Å². The maximum Gasteiger partial charge on any atom is 0.331 e. The molecule has 0 atom stereocenters. The van der Waals surface area contributed by atoms with E-state index < -0.39 is 5.97 Å². The van der Waals surface area contributed by atoms with Crippen molar-refractivity contribution in [1.82, 2.24) is 15.0 Å². The predicted octanol–water partition coefficient (Wildman–Crippen LogP) is 1.82. The van der Waals surface area contributed by atoms with Gasteiger partial charge in [-0.05, 0) is 24.3 Å². The number of rotatable bonds is 3. The van der Waals surface area contributed by atoms with Crippen molar-refractivity contribution in [2.75, 3.05) is 0 Å². The van der Waals surface area contributed by atoms with Crippen molar-refractivity contribution >= 4 is 23.8 Å². The second kappa shape index (κ2) is 5.42. The lowest BCUT2D eigenvalue weighted by Crippen LogP contribution is -1.99. The van der Waals surface area contributed by atoms with Crippen LogP contribution in [0.25, 0.3) is 5.69 Å². The number of nitrogens with zero attached hydrogens (tertiary/aromatic N) is 4. The smallest absolute Gasteiger partial charge is 0.319 e. The van der Waals surface area contributed by atoms with Gasteiger partial charge in [-0.15, -0.1) is 5.10 Å². The molecule has 0 saturated carbocycles. The van der Waals surface area contributed by atoms with Gasteiger partial charge in [-0.2, -0.15) is 9.90 Å². The van der Waals surface area contributed by atoms with Gasteiger partial charge in [0.1, 0.15) is 5.69 Å². The molecule has 0 bridgehead atoms. The van der Waals surface area contributed by atoms with Crippen LogP contribution in [-0.2, 0) is 9.63 Å². The average molecular weight is 265 g/mol. The van der Waals surface area contributed by atoms with Gasteiger partial charge in [0.2, 0.25) is 0 Å². The van der Waals surface area contributed by atoms with E-state index in [4.69, 9.17) is 11.6 Å². The summed E-state index contributed by atoms with van der Waals surface area (Å²) in [6.07, 6.45) is 2.81. The minimum Gasteiger partial charge on any atom is -0.319 e. The first-order valence-corrected chi connectivity index (χ1v) is 5.42. The Morgan fingerprint density at radius 2 is 2.17 bits per heavy atom. The van der Waals surface area contributed by atoms with Gasteiger partial charge in [0, 0.05) is 11.9 Å². The lowest BCUT2D eigenvalue weighted by Gasteiger charge is -1.97. The van der Waals surface area contributed by atoms with Gasteiger partial charge in [-0.3, -0.25) is 0 Å². The maximum absolute atomic E-state index is 10.5. The minimum absolute atomic E-state index is 0.478. The number of hydrogen-bond donors (Lipinski definition) is 0. The number of aromatic nitrogens is 3. The van der Waals surface area contributed by atoms with E-state index >= 15 is 0 Å². The monoisotopic (exact) mass is 264 g/mol. The largest absolute Gasteiger partial charge is 0.331 e. The Bertz CT molecular complexity index is 577. The first-order chi connectivity index (χ1) is 8.65. The fourth-order valence-electron chi connectivity index (χ4n) is 1.19. The van der Waals surface area contributed by atoms with Crippen molar-refractivity contribution in [3.05, 3.63) is 41.2 Å². The van der Waals surface area contributed by atoms with E-state index in [2.05, 4.69) is 20.2 Å². The number of oxime groups is 1. The zero-order valence-corrected chi connectivity index (χ0v) is 10.2. The van der Waals surface area contributed by atoms with Crippen molar-refractivity contribution in [1.29, 1.82) is 0 Å². The van der Waals surface area contributed by atoms with Crippen LogP contribution < -0.4 is 0 Å². The quantitative estimate of drug-likeness (QED) is 0.482. The highest BCUT2D eigenvalue weighted by Crippen LogP contribution is 2.11. The van der Waals surface area contributed by atoms with Crippen LogP contribution in [0.5, 0.6) is 0 Å². The molecule has 1 aromatic heterocycles. The lowest BCUT2D eigenvalue weighted by atomic mass is 10.3. The number of carbonyl (C=O) groups is 1. The van der Waals surface area contributed by atoms with Gasteiger partial charge in [0.15, 0.2) is 0 Å². The molecule has 0 amide bonds. The van der Waals surface area contributed by atoms with Crippen molar-refractivity contribution in [3.63, 3.8) is 0 Å². The summed E-state index contributed by atoms with van der Waals surface area (Å²) in [6, 6.07) is 7.06. The van der Waals surface area contributed by atoms with Crippen molar-refractivity contribution < 1.29 is 9.63 Å². The van der Waals surface area contributed by atoms with E-state index in [1.165, 1.54) is 24.1 Å². The van der Waals surface area contributed by atoms with Gasteiger partial charge in [0.05, 0.1) is 18.1 Å². The van der Waals surface area contributed by atoms with Gasteiger partial charge in [0.25, 0.3) is 0 Å². The first kappa shape index (κ1) is 12.3. The third-order valence-corrected chi connectivity index (χ3v) is 2.19. The number of halogens is 1. The fourth-order valence-corrected chi connectivity index (χ4v) is 1.31. The standard InChI is InChI=1S/C11H9ClN4O2/c1-8(17)18-14-7-10-6-13-16(15-10)11-4-2-9(12)3-5-11/h2-7H,1H3/b14-7+. The molecule has 92 valence electrons. The van der Waals surface area contributed by atoms with E-state index in [0.29, 0.717) is 10.7 Å². The molecule has 0 fully saturated rings. The Hall–Kier alpha value is -2.21. The van der Waals surface area contributed by atoms with Gasteiger partial charge >= 0.3 is 5.97 Å². The van der Waals surface area contributed by atoms with Crippen LogP contribution in [-0.4, -0.2) is 27.2 Å². The maximum atomic E-state index is 10.5. The summed E-state index contributed by atoms with van der Waals surface area (Å²) in [5.74, 6) is -0.489. The average Bonchev–Trinajstić information content (AvgIpc) is 2.78. The summed E-state index contributed by atoms with van der Waals surface area (Å²) in [6.45, 7) is 1.27. The topological polar surface area (TPSA) is 69.4 Å². The van der Waals surface area contributed by atoms with E-state index in [1.54, 1.807) is 24.3 Å². The van der Waals surface area contributed by atoms with Crippen LogP contribution in [0.2, 0.25) is 5.02 Å². The number of benzene rings is 1. The predicted molar refractivity (Wildman–Crippen MR) is 65.7 cm³/mol. The zero-order valence-electron chi connectivity index (χ0n) is 9.45. The molecule has 1 aromatic carbocycles. The van der Waals surface area contributed by atoms with Crippen LogP contribution in [0, 0.1) is 0 Å². The van der Waals surface area contributed by atoms with Gasteiger partial charge < -0.3 is 4.84 Å². The summed E-state index contributed by atoms with van der Waals surface area (Å²) in [5, 5.41) is 12.3. The number of carbonyl (C=O) groups excluding carboxylic acids is 1. The highest BCUT2D eigenvalue weighted by atomic mass is 35.5. The summed E-state index contributed by atoms with van der Waals surface area (Å²) in [5.41, 5.74) is 1.25. The summed E-state index contributed by atoms with van der Waals surface area (Å²) in [4.78, 5) is 16.3. The van der Waals surface area contributed by atoms with Crippen molar-refractivity contribution in [2.24, 2.45) is 5.16 Å². The molecular weight excluding hydrogens is 256 g/mol. The molecule has 0 aliphatic carbocycles. The zero-order chi connectivity index (χ0) is 13.0. The van der Waals surface area contributed by atoms with Crippen LogP contribution in [0.15, 0.2) is 35.6 Å². The van der Waals surface area contributed by atoms with Crippen molar-refractivity contribution in [3.8, 4) is 5.69 Å². The Balaban J connectivity index is 2.12. The molecule has 0 spiro atoms. The van der Waals surface area contributed by atoms with Crippen LogP contribution in [0.3, 0.4) is 0 Å². The molecule has 1 heterocycles. The lowest BCUT2D eigenvalue weighted by molar-refractivity contribution is -0.140. The minimum atomic E-state index is -0.489. The molecule has 7 heteroatoms. The molecule has 0 saturated heterocycles. The molecule has 0 N–H and O–H groups in total. The Kier molecular flexibility index (Phi) is 3.69. The highest BCUT2D eigenvalue weighted by molar-refractivity contribution is 6.30. The molecule has 0 radical (unpaired) electrons. The molecule has 18 heavy (non-hydrogen) atoms. The Morgan fingerprint density at radius 3 is 2.83 bits per heavy atom.